The van der Waals surface area contributed by atoms with Gasteiger partial charge in [-0.3, -0.25) is 14.6 Å². The fourth-order valence-corrected chi connectivity index (χ4v) is 6.60. The highest BCUT2D eigenvalue weighted by Crippen LogP contribution is 2.40. The zero-order chi connectivity index (χ0) is 27.4. The van der Waals surface area contributed by atoms with Crippen molar-refractivity contribution in [3.63, 3.8) is 0 Å². The van der Waals surface area contributed by atoms with Crippen LogP contribution in [0.4, 0.5) is 5.69 Å². The number of anilines is 1. The van der Waals surface area contributed by atoms with Gasteiger partial charge in [0.25, 0.3) is 21.8 Å². The molecule has 3 aromatic heterocycles. The minimum Gasteiger partial charge on any atom is -0.309 e. The predicted molar refractivity (Wildman–Crippen MR) is 153 cm³/mol. The summed E-state index contributed by atoms with van der Waals surface area (Å²) in [5.74, 6) is -1.06. The highest BCUT2D eigenvalue weighted by atomic mass is 32.2. The third-order valence-corrected chi connectivity index (χ3v) is 8.71. The van der Waals surface area contributed by atoms with Gasteiger partial charge in [0.05, 0.1) is 32.7 Å². The number of fused-ring (bicyclic) bond motifs is 2. The molecule has 0 radical (unpaired) electrons. The average Bonchev–Trinajstić information content (AvgIpc) is 3.66. The van der Waals surface area contributed by atoms with E-state index in [4.69, 9.17) is 0 Å². The molecule has 0 spiro atoms. The van der Waals surface area contributed by atoms with E-state index in [9.17, 15) is 18.0 Å². The minimum atomic E-state index is -4.01. The highest BCUT2D eigenvalue weighted by molar-refractivity contribution is 7.90. The quantitative estimate of drug-likeness (QED) is 0.279. The van der Waals surface area contributed by atoms with Gasteiger partial charge in [0, 0.05) is 29.5 Å². The van der Waals surface area contributed by atoms with Crippen LogP contribution in [0.3, 0.4) is 0 Å². The first kappa shape index (κ1) is 23.8. The molecule has 0 bridgehead atoms. The molecule has 194 valence electrons. The molecule has 7 rings (SSSR count). The third-order valence-electron chi connectivity index (χ3n) is 7.02. The number of imide groups is 1. The number of carbonyl (C=O) groups excluding carboxylic acids is 2. The number of pyridine rings is 1. The van der Waals surface area contributed by atoms with E-state index < -0.39 is 21.8 Å². The lowest BCUT2D eigenvalue weighted by Crippen LogP contribution is -2.31. The standard InChI is InChI=1S/C31H20N4O4S/c36-30-28(24-20-34(26-15-8-7-14-23(24)26)40(38,39)22-12-5-2-6-13-22)29(31(37)35(30)21-10-3-1-4-11-21)33-19-17-25-27(33)16-9-18-32-25/h1-20H. The van der Waals surface area contributed by atoms with E-state index in [1.54, 1.807) is 102 Å². The van der Waals surface area contributed by atoms with Gasteiger partial charge >= 0.3 is 0 Å². The van der Waals surface area contributed by atoms with Crippen LogP contribution in [0.15, 0.2) is 127 Å². The van der Waals surface area contributed by atoms with Gasteiger partial charge in [-0.25, -0.2) is 17.3 Å². The van der Waals surface area contributed by atoms with Crippen molar-refractivity contribution in [3.05, 3.63) is 127 Å². The summed E-state index contributed by atoms with van der Waals surface area (Å²) < 4.78 is 30.4. The van der Waals surface area contributed by atoms with E-state index in [0.717, 1.165) is 4.90 Å². The summed E-state index contributed by atoms with van der Waals surface area (Å²) in [5, 5.41) is 0.528. The molecule has 3 aromatic carbocycles. The molecule has 0 saturated heterocycles. The maximum absolute atomic E-state index is 14.2. The topological polar surface area (TPSA) is 94.3 Å². The second kappa shape index (κ2) is 8.89. The Kier molecular flexibility index (Phi) is 5.29. The maximum atomic E-state index is 14.2. The molecule has 0 aliphatic carbocycles. The number of nitrogens with zero attached hydrogens (tertiary/aromatic N) is 4. The highest BCUT2D eigenvalue weighted by Gasteiger charge is 2.42. The molecule has 9 heteroatoms. The number of carbonyl (C=O) groups is 2. The fraction of sp³-hybridized carbons (Fsp3) is 0. The Morgan fingerprint density at radius 1 is 0.675 bits per heavy atom. The van der Waals surface area contributed by atoms with Crippen LogP contribution < -0.4 is 4.90 Å². The van der Waals surface area contributed by atoms with Gasteiger partial charge in [0.1, 0.15) is 5.70 Å². The van der Waals surface area contributed by atoms with Crippen molar-refractivity contribution in [3.8, 4) is 0 Å². The summed E-state index contributed by atoms with van der Waals surface area (Å²) in [6, 6.07) is 29.1. The van der Waals surface area contributed by atoms with Crippen LogP contribution in [0.5, 0.6) is 0 Å². The van der Waals surface area contributed by atoms with Crippen LogP contribution in [-0.2, 0) is 19.6 Å². The predicted octanol–water partition coefficient (Wildman–Crippen LogP) is 5.17. The summed E-state index contributed by atoms with van der Waals surface area (Å²) in [7, 11) is -4.01. The Morgan fingerprint density at radius 3 is 2.12 bits per heavy atom. The maximum Gasteiger partial charge on any atom is 0.283 e. The largest absolute Gasteiger partial charge is 0.309 e. The number of aromatic nitrogens is 3. The molecule has 0 atom stereocenters. The third kappa shape index (κ3) is 3.45. The second-order valence-electron chi connectivity index (χ2n) is 9.27. The van der Waals surface area contributed by atoms with Gasteiger partial charge in [-0.15, -0.1) is 0 Å². The zero-order valence-electron chi connectivity index (χ0n) is 20.9. The average molecular weight is 545 g/mol. The molecular weight excluding hydrogens is 524 g/mol. The van der Waals surface area contributed by atoms with E-state index >= 15 is 0 Å². The Morgan fingerprint density at radius 2 is 1.35 bits per heavy atom. The Bertz CT molecular complexity index is 2110. The normalized spacial score (nSPS) is 14.2. The van der Waals surface area contributed by atoms with Crippen LogP contribution in [0.1, 0.15) is 5.56 Å². The van der Waals surface area contributed by atoms with Gasteiger partial charge in [-0.1, -0.05) is 54.6 Å². The van der Waals surface area contributed by atoms with Crippen molar-refractivity contribution in [2.75, 3.05) is 4.90 Å². The molecule has 2 amide bonds. The van der Waals surface area contributed by atoms with Crippen molar-refractivity contribution in [1.29, 1.82) is 0 Å². The zero-order valence-corrected chi connectivity index (χ0v) is 21.7. The first-order valence-electron chi connectivity index (χ1n) is 12.5. The van der Waals surface area contributed by atoms with Crippen LogP contribution in [0.2, 0.25) is 0 Å². The first-order chi connectivity index (χ1) is 19.5. The first-order valence-corrected chi connectivity index (χ1v) is 13.9. The van der Waals surface area contributed by atoms with Gasteiger partial charge in [0.15, 0.2) is 0 Å². The molecule has 0 N–H and O–H groups in total. The van der Waals surface area contributed by atoms with E-state index in [2.05, 4.69) is 4.98 Å². The molecule has 40 heavy (non-hydrogen) atoms. The minimum absolute atomic E-state index is 0.105. The summed E-state index contributed by atoms with van der Waals surface area (Å²) in [6.07, 6.45) is 4.79. The lowest BCUT2D eigenvalue weighted by molar-refractivity contribution is -0.119. The molecule has 1 aliphatic rings. The van der Waals surface area contributed by atoms with Crippen molar-refractivity contribution >= 4 is 60.7 Å². The lowest BCUT2D eigenvalue weighted by atomic mass is 10.0. The summed E-state index contributed by atoms with van der Waals surface area (Å²) in [4.78, 5) is 33.9. The van der Waals surface area contributed by atoms with Crippen LogP contribution in [-0.4, -0.2) is 33.8 Å². The van der Waals surface area contributed by atoms with Gasteiger partial charge in [0.2, 0.25) is 0 Å². The smallest absolute Gasteiger partial charge is 0.283 e. The Labute approximate surface area is 229 Å². The Hall–Kier alpha value is -5.28. The molecule has 0 unspecified atom stereocenters. The number of hydrogen-bond acceptors (Lipinski definition) is 5. The summed E-state index contributed by atoms with van der Waals surface area (Å²) in [6.45, 7) is 0. The fourth-order valence-electron chi connectivity index (χ4n) is 5.21. The molecule has 8 nitrogen and oxygen atoms in total. The van der Waals surface area contributed by atoms with Crippen molar-refractivity contribution in [2.24, 2.45) is 0 Å². The molecule has 6 aromatic rings. The second-order valence-corrected chi connectivity index (χ2v) is 11.1. The molecule has 4 heterocycles. The van der Waals surface area contributed by atoms with Gasteiger partial charge in [-0.05, 0) is 48.5 Å². The van der Waals surface area contributed by atoms with Gasteiger partial charge in [-0.2, -0.15) is 0 Å². The molecular formula is C31H20N4O4S. The Balaban J connectivity index is 1.54. The van der Waals surface area contributed by atoms with E-state index in [0.29, 0.717) is 33.2 Å². The summed E-state index contributed by atoms with van der Waals surface area (Å²) in [5.41, 5.74) is 2.68. The van der Waals surface area contributed by atoms with Crippen LogP contribution in [0.25, 0.3) is 33.2 Å². The van der Waals surface area contributed by atoms with E-state index in [1.165, 1.54) is 22.3 Å². The number of amides is 2. The van der Waals surface area contributed by atoms with Crippen molar-refractivity contribution in [1.82, 2.24) is 13.5 Å². The monoisotopic (exact) mass is 544 g/mol. The van der Waals surface area contributed by atoms with E-state index in [-0.39, 0.29) is 16.2 Å². The summed E-state index contributed by atoms with van der Waals surface area (Å²) >= 11 is 0. The van der Waals surface area contributed by atoms with Gasteiger partial charge < -0.3 is 4.57 Å². The molecule has 0 saturated carbocycles. The SMILES string of the molecule is O=C1C(c2cn(S(=O)(=O)c3ccccc3)c3ccccc23)=C(n2ccc3ncccc32)C(=O)N1c1ccccc1. The lowest BCUT2D eigenvalue weighted by Gasteiger charge is -2.15. The number of rotatable bonds is 5. The molecule has 0 fully saturated rings. The number of para-hydroxylation sites is 2. The number of benzene rings is 3. The van der Waals surface area contributed by atoms with Crippen LogP contribution >= 0.6 is 0 Å². The molecule has 1 aliphatic heterocycles. The number of hydrogen-bond donors (Lipinski definition) is 0. The van der Waals surface area contributed by atoms with Crippen molar-refractivity contribution in [2.45, 2.75) is 4.90 Å². The van der Waals surface area contributed by atoms with E-state index in [1.807, 2.05) is 6.07 Å². The van der Waals surface area contributed by atoms with Crippen molar-refractivity contribution < 1.29 is 18.0 Å². The van der Waals surface area contributed by atoms with Crippen LogP contribution in [0, 0.1) is 0 Å².